The van der Waals surface area contributed by atoms with Gasteiger partial charge in [-0.2, -0.15) is 5.10 Å². The van der Waals surface area contributed by atoms with Crippen LogP contribution in [0.3, 0.4) is 0 Å². The predicted molar refractivity (Wildman–Crippen MR) is 97.8 cm³/mol. The molecule has 3 rings (SSSR count). The van der Waals surface area contributed by atoms with Crippen LogP contribution in [0.2, 0.25) is 0 Å². The van der Waals surface area contributed by atoms with Crippen molar-refractivity contribution in [2.45, 2.75) is 26.2 Å². The van der Waals surface area contributed by atoms with Crippen molar-refractivity contribution in [2.24, 2.45) is 0 Å². The van der Waals surface area contributed by atoms with Crippen LogP contribution in [0.1, 0.15) is 35.1 Å². The van der Waals surface area contributed by atoms with Gasteiger partial charge in [0.1, 0.15) is 0 Å². The molecule has 0 saturated heterocycles. The van der Waals surface area contributed by atoms with Crippen LogP contribution in [0.4, 0.5) is 0 Å². The van der Waals surface area contributed by atoms with E-state index in [2.05, 4.69) is 22.3 Å². The second-order valence-corrected chi connectivity index (χ2v) is 5.83. The number of carbonyl (C=O) groups is 1. The number of nitrogens with zero attached hydrogens (tertiary/aromatic N) is 3. The maximum Gasteiger partial charge on any atom is 0.254 e. The van der Waals surface area contributed by atoms with Crippen LogP contribution in [0.5, 0.6) is 0 Å². The van der Waals surface area contributed by atoms with E-state index in [-0.39, 0.29) is 5.91 Å². The molecule has 0 spiro atoms. The lowest BCUT2D eigenvalue weighted by Gasteiger charge is -2.09. The largest absolute Gasteiger partial charge is 0.352 e. The number of carbonyl (C=O) groups excluding carboxylic acids is 1. The monoisotopic (exact) mass is 334 g/mol. The molecule has 3 aromatic rings. The number of amides is 1. The fourth-order valence-electron chi connectivity index (χ4n) is 2.78. The third-order valence-corrected chi connectivity index (χ3v) is 3.99. The Balaban J connectivity index is 1.72. The van der Waals surface area contributed by atoms with Gasteiger partial charge in [0.25, 0.3) is 5.91 Å². The maximum atomic E-state index is 12.6. The molecular formula is C20H22N4O. The molecule has 128 valence electrons. The summed E-state index contributed by atoms with van der Waals surface area (Å²) in [5, 5.41) is 7.41. The van der Waals surface area contributed by atoms with Gasteiger partial charge in [-0.1, -0.05) is 37.6 Å². The molecule has 0 aliphatic carbocycles. The SMILES string of the molecule is CCCc1c(C(=O)NCCc2ccccn2)cnn1-c1ccccc1. The molecular weight excluding hydrogens is 312 g/mol. The average molecular weight is 334 g/mol. The van der Waals surface area contributed by atoms with E-state index in [0.717, 1.165) is 29.9 Å². The van der Waals surface area contributed by atoms with Crippen molar-refractivity contribution in [1.29, 1.82) is 0 Å². The highest BCUT2D eigenvalue weighted by Gasteiger charge is 2.17. The third-order valence-electron chi connectivity index (χ3n) is 3.99. The molecule has 5 nitrogen and oxygen atoms in total. The number of hydrogen-bond acceptors (Lipinski definition) is 3. The average Bonchev–Trinajstić information content (AvgIpc) is 3.07. The first kappa shape index (κ1) is 16.9. The number of para-hydroxylation sites is 1. The summed E-state index contributed by atoms with van der Waals surface area (Å²) >= 11 is 0. The first-order valence-electron chi connectivity index (χ1n) is 8.60. The quantitative estimate of drug-likeness (QED) is 0.722. The van der Waals surface area contributed by atoms with Crippen LogP contribution in [0.25, 0.3) is 5.69 Å². The molecule has 0 radical (unpaired) electrons. The molecule has 25 heavy (non-hydrogen) atoms. The number of pyridine rings is 1. The van der Waals surface area contributed by atoms with E-state index < -0.39 is 0 Å². The van der Waals surface area contributed by atoms with Gasteiger partial charge in [0.05, 0.1) is 23.1 Å². The minimum absolute atomic E-state index is 0.0819. The summed E-state index contributed by atoms with van der Waals surface area (Å²) in [5.41, 5.74) is 3.53. The summed E-state index contributed by atoms with van der Waals surface area (Å²) in [6.45, 7) is 2.66. The molecule has 0 atom stereocenters. The van der Waals surface area contributed by atoms with E-state index in [4.69, 9.17) is 0 Å². The van der Waals surface area contributed by atoms with E-state index in [0.29, 0.717) is 18.5 Å². The summed E-state index contributed by atoms with van der Waals surface area (Å²) in [6, 6.07) is 15.7. The number of rotatable bonds is 7. The van der Waals surface area contributed by atoms with Crippen molar-refractivity contribution in [1.82, 2.24) is 20.1 Å². The summed E-state index contributed by atoms with van der Waals surface area (Å²) in [5.74, 6) is -0.0819. The summed E-state index contributed by atoms with van der Waals surface area (Å²) in [6.07, 6.45) is 5.89. The van der Waals surface area contributed by atoms with Crippen LogP contribution in [0, 0.1) is 0 Å². The van der Waals surface area contributed by atoms with Crippen LogP contribution in [-0.2, 0) is 12.8 Å². The lowest BCUT2D eigenvalue weighted by Crippen LogP contribution is -2.26. The van der Waals surface area contributed by atoms with E-state index in [1.807, 2.05) is 53.2 Å². The van der Waals surface area contributed by atoms with Crippen molar-refractivity contribution < 1.29 is 4.79 Å². The van der Waals surface area contributed by atoms with Gasteiger partial charge in [-0.15, -0.1) is 0 Å². The Labute approximate surface area is 147 Å². The van der Waals surface area contributed by atoms with Gasteiger partial charge in [-0.3, -0.25) is 9.78 Å². The number of benzene rings is 1. The van der Waals surface area contributed by atoms with Gasteiger partial charge in [0.15, 0.2) is 0 Å². The second-order valence-electron chi connectivity index (χ2n) is 5.83. The zero-order valence-electron chi connectivity index (χ0n) is 14.4. The first-order chi connectivity index (χ1) is 12.3. The van der Waals surface area contributed by atoms with E-state index in [1.54, 1.807) is 12.4 Å². The Morgan fingerprint density at radius 1 is 1.08 bits per heavy atom. The van der Waals surface area contributed by atoms with Crippen molar-refractivity contribution in [2.75, 3.05) is 6.54 Å². The second kappa shape index (κ2) is 8.24. The van der Waals surface area contributed by atoms with E-state index in [9.17, 15) is 4.79 Å². The van der Waals surface area contributed by atoms with Crippen molar-refractivity contribution in [3.8, 4) is 5.69 Å². The lowest BCUT2D eigenvalue weighted by molar-refractivity contribution is 0.0953. The van der Waals surface area contributed by atoms with Crippen molar-refractivity contribution in [3.05, 3.63) is 77.9 Å². The number of hydrogen-bond donors (Lipinski definition) is 1. The maximum absolute atomic E-state index is 12.6. The Morgan fingerprint density at radius 2 is 1.88 bits per heavy atom. The summed E-state index contributed by atoms with van der Waals surface area (Å²) in [7, 11) is 0. The third kappa shape index (κ3) is 4.12. The first-order valence-corrected chi connectivity index (χ1v) is 8.60. The molecule has 2 heterocycles. The fourth-order valence-corrected chi connectivity index (χ4v) is 2.78. The molecule has 1 amide bonds. The molecule has 0 bridgehead atoms. The van der Waals surface area contributed by atoms with Gasteiger partial charge in [-0.25, -0.2) is 4.68 Å². The van der Waals surface area contributed by atoms with E-state index in [1.165, 1.54) is 0 Å². The lowest BCUT2D eigenvalue weighted by atomic mass is 10.1. The van der Waals surface area contributed by atoms with Crippen LogP contribution in [0.15, 0.2) is 60.9 Å². The molecule has 0 aliphatic rings. The Bertz CT molecular complexity index is 812. The van der Waals surface area contributed by atoms with Crippen LogP contribution >= 0.6 is 0 Å². The van der Waals surface area contributed by atoms with Gasteiger partial charge in [0.2, 0.25) is 0 Å². The van der Waals surface area contributed by atoms with Gasteiger partial charge in [-0.05, 0) is 30.7 Å². The molecule has 0 aliphatic heterocycles. The zero-order valence-corrected chi connectivity index (χ0v) is 14.4. The normalized spacial score (nSPS) is 10.6. The minimum Gasteiger partial charge on any atom is -0.352 e. The fraction of sp³-hybridized carbons (Fsp3) is 0.250. The van der Waals surface area contributed by atoms with Gasteiger partial charge < -0.3 is 5.32 Å². The molecule has 0 unspecified atom stereocenters. The number of aromatic nitrogens is 3. The topological polar surface area (TPSA) is 59.8 Å². The highest BCUT2D eigenvalue weighted by molar-refractivity contribution is 5.95. The van der Waals surface area contributed by atoms with Gasteiger partial charge in [0, 0.05) is 24.9 Å². The Kier molecular flexibility index (Phi) is 5.57. The molecule has 1 aromatic carbocycles. The number of nitrogens with one attached hydrogen (secondary N) is 1. The minimum atomic E-state index is -0.0819. The van der Waals surface area contributed by atoms with E-state index >= 15 is 0 Å². The molecule has 1 N–H and O–H groups in total. The van der Waals surface area contributed by atoms with Crippen LogP contribution < -0.4 is 5.32 Å². The Morgan fingerprint density at radius 3 is 2.60 bits per heavy atom. The highest BCUT2D eigenvalue weighted by Crippen LogP contribution is 2.16. The Hall–Kier alpha value is -2.95. The van der Waals surface area contributed by atoms with Crippen molar-refractivity contribution >= 4 is 5.91 Å². The van der Waals surface area contributed by atoms with Gasteiger partial charge >= 0.3 is 0 Å². The summed E-state index contributed by atoms with van der Waals surface area (Å²) in [4.78, 5) is 16.9. The highest BCUT2D eigenvalue weighted by atomic mass is 16.1. The molecule has 0 saturated carbocycles. The molecule has 5 heteroatoms. The van der Waals surface area contributed by atoms with Crippen molar-refractivity contribution in [3.63, 3.8) is 0 Å². The molecule has 0 fully saturated rings. The molecule has 2 aromatic heterocycles. The predicted octanol–water partition coefficient (Wildman–Crippen LogP) is 3.19. The van der Waals surface area contributed by atoms with Crippen LogP contribution in [-0.4, -0.2) is 27.2 Å². The smallest absolute Gasteiger partial charge is 0.254 e. The standard InChI is InChI=1S/C20H22N4O/c1-2-8-19-18(15-23-24(19)17-10-4-3-5-11-17)20(25)22-14-12-16-9-6-7-13-21-16/h3-7,9-11,13,15H,2,8,12,14H2,1H3,(H,22,25). The summed E-state index contributed by atoms with van der Waals surface area (Å²) < 4.78 is 1.86. The zero-order chi connectivity index (χ0) is 17.5.